The molecule has 3 heterocycles. The second kappa shape index (κ2) is 8.07. The van der Waals surface area contributed by atoms with Gasteiger partial charge in [-0.2, -0.15) is 19.9 Å². The molecule has 0 spiro atoms. The number of carbonyl (C=O) groups is 1. The fraction of sp³-hybridized carbons (Fsp3) is 0.125. The van der Waals surface area contributed by atoms with Crippen LogP contribution in [-0.4, -0.2) is 35.4 Å². The first-order valence-electron chi connectivity index (χ1n) is 10.5. The Morgan fingerprint density at radius 2 is 1.82 bits per heavy atom. The Hall–Kier alpha value is -4.60. The number of hydrogen-bond donors (Lipinski definition) is 2. The van der Waals surface area contributed by atoms with Crippen LogP contribution in [0.3, 0.4) is 0 Å². The molecule has 0 unspecified atom stereocenters. The van der Waals surface area contributed by atoms with Crippen LogP contribution in [0.4, 0.5) is 10.2 Å². The fourth-order valence-corrected chi connectivity index (χ4v) is 3.63. The van der Waals surface area contributed by atoms with Crippen molar-refractivity contribution in [1.29, 1.82) is 0 Å². The Bertz CT molecular complexity index is 1630. The molecule has 0 radical (unpaired) electrons. The van der Waals surface area contributed by atoms with Gasteiger partial charge in [0, 0.05) is 6.07 Å². The van der Waals surface area contributed by atoms with Crippen molar-refractivity contribution in [3.63, 3.8) is 0 Å². The molecule has 0 aliphatic carbocycles. The van der Waals surface area contributed by atoms with E-state index in [-0.39, 0.29) is 17.3 Å². The lowest BCUT2D eigenvalue weighted by molar-refractivity contribution is 0.102. The van der Waals surface area contributed by atoms with Crippen molar-refractivity contribution in [3.8, 4) is 11.6 Å². The second-order valence-corrected chi connectivity index (χ2v) is 7.97. The summed E-state index contributed by atoms with van der Waals surface area (Å²) in [6.07, 6.45) is 1.45. The van der Waals surface area contributed by atoms with Gasteiger partial charge in [0.1, 0.15) is 17.0 Å². The van der Waals surface area contributed by atoms with E-state index < -0.39 is 17.3 Å². The number of aromatic amines is 1. The van der Waals surface area contributed by atoms with E-state index in [2.05, 4.69) is 25.5 Å². The van der Waals surface area contributed by atoms with Crippen molar-refractivity contribution in [1.82, 2.24) is 29.5 Å². The number of benzene rings is 2. The van der Waals surface area contributed by atoms with Crippen LogP contribution in [0, 0.1) is 26.6 Å². The Labute approximate surface area is 192 Å². The van der Waals surface area contributed by atoms with Crippen molar-refractivity contribution in [2.75, 3.05) is 5.32 Å². The largest absolute Gasteiger partial charge is 0.306 e. The molecule has 0 saturated carbocycles. The van der Waals surface area contributed by atoms with E-state index in [9.17, 15) is 14.0 Å². The normalized spacial score (nSPS) is 11.2. The number of halogens is 1. The number of anilines is 1. The summed E-state index contributed by atoms with van der Waals surface area (Å²) >= 11 is 0. The van der Waals surface area contributed by atoms with Gasteiger partial charge >= 0.3 is 0 Å². The molecule has 170 valence electrons. The Morgan fingerprint density at radius 1 is 1.03 bits per heavy atom. The molecule has 2 aromatic carbocycles. The SMILES string of the molecule is Cc1cc(NC(=O)c2ccccc2F)n(-c2nc3c(cnn3-c3ccc(C)c(C)c3)c(=O)[nH]2)n1. The molecule has 5 aromatic rings. The predicted octanol–water partition coefficient (Wildman–Crippen LogP) is 3.61. The summed E-state index contributed by atoms with van der Waals surface area (Å²) in [6, 6.07) is 13.1. The summed E-state index contributed by atoms with van der Waals surface area (Å²) in [6.45, 7) is 5.73. The fourth-order valence-electron chi connectivity index (χ4n) is 3.63. The first kappa shape index (κ1) is 21.3. The molecule has 0 aliphatic heterocycles. The van der Waals surface area contributed by atoms with Crippen LogP contribution in [0.2, 0.25) is 0 Å². The maximum Gasteiger partial charge on any atom is 0.263 e. The molecule has 3 aromatic heterocycles. The quantitative estimate of drug-likeness (QED) is 0.428. The highest BCUT2D eigenvalue weighted by atomic mass is 19.1. The first-order chi connectivity index (χ1) is 16.3. The van der Waals surface area contributed by atoms with Crippen LogP contribution in [-0.2, 0) is 0 Å². The van der Waals surface area contributed by atoms with Gasteiger partial charge in [-0.1, -0.05) is 18.2 Å². The smallest absolute Gasteiger partial charge is 0.263 e. The van der Waals surface area contributed by atoms with Crippen LogP contribution in [0.15, 0.2) is 59.5 Å². The molecule has 10 heteroatoms. The first-order valence-corrected chi connectivity index (χ1v) is 10.5. The van der Waals surface area contributed by atoms with Crippen molar-refractivity contribution < 1.29 is 9.18 Å². The lowest BCUT2D eigenvalue weighted by atomic mass is 10.1. The van der Waals surface area contributed by atoms with Crippen molar-refractivity contribution in [2.45, 2.75) is 20.8 Å². The van der Waals surface area contributed by atoms with Crippen molar-refractivity contribution in [3.05, 3.63) is 93.3 Å². The van der Waals surface area contributed by atoms with Crippen LogP contribution in [0.1, 0.15) is 27.2 Å². The van der Waals surface area contributed by atoms with Crippen LogP contribution in [0.25, 0.3) is 22.7 Å². The number of fused-ring (bicyclic) bond motifs is 1. The number of rotatable bonds is 4. The highest BCUT2D eigenvalue weighted by molar-refractivity contribution is 6.04. The molecule has 0 saturated heterocycles. The highest BCUT2D eigenvalue weighted by Gasteiger charge is 2.18. The summed E-state index contributed by atoms with van der Waals surface area (Å²) < 4.78 is 16.9. The van der Waals surface area contributed by atoms with Gasteiger partial charge < -0.3 is 5.32 Å². The summed E-state index contributed by atoms with van der Waals surface area (Å²) in [5.74, 6) is -0.985. The van der Waals surface area contributed by atoms with Crippen LogP contribution < -0.4 is 10.9 Å². The van der Waals surface area contributed by atoms with Gasteiger partial charge in [-0.05, 0) is 56.2 Å². The summed E-state index contributed by atoms with van der Waals surface area (Å²) in [5.41, 5.74) is 3.34. The number of aromatic nitrogens is 6. The minimum atomic E-state index is -0.650. The molecule has 0 fully saturated rings. The highest BCUT2D eigenvalue weighted by Crippen LogP contribution is 2.20. The third-order valence-corrected chi connectivity index (χ3v) is 5.55. The average Bonchev–Trinajstić information content (AvgIpc) is 3.39. The molecular weight excluding hydrogens is 437 g/mol. The van der Waals surface area contributed by atoms with E-state index in [0.29, 0.717) is 16.7 Å². The van der Waals surface area contributed by atoms with Crippen molar-refractivity contribution >= 4 is 22.8 Å². The van der Waals surface area contributed by atoms with Gasteiger partial charge in [-0.15, -0.1) is 0 Å². The lowest BCUT2D eigenvalue weighted by Crippen LogP contribution is -2.19. The van der Waals surface area contributed by atoms with E-state index >= 15 is 0 Å². The van der Waals surface area contributed by atoms with E-state index in [1.807, 2.05) is 32.0 Å². The molecule has 0 bridgehead atoms. The van der Waals surface area contributed by atoms with E-state index in [4.69, 9.17) is 0 Å². The standard InChI is InChI=1S/C24H20FN7O2/c1-13-8-9-16(10-14(13)2)31-21-18(12-26-31)23(34)29-24(28-21)32-20(11-15(3)30-32)27-22(33)17-6-4-5-7-19(17)25/h4-12H,1-3H3,(H,27,33)(H,28,29,34). The second-order valence-electron chi connectivity index (χ2n) is 7.97. The molecule has 2 N–H and O–H groups in total. The number of nitrogens with one attached hydrogen (secondary N) is 2. The number of aryl methyl sites for hydroxylation is 3. The lowest BCUT2D eigenvalue weighted by Gasteiger charge is -2.10. The van der Waals surface area contributed by atoms with Gasteiger partial charge in [0.15, 0.2) is 5.65 Å². The molecule has 0 aliphatic rings. The average molecular weight is 457 g/mol. The summed E-state index contributed by atoms with van der Waals surface area (Å²) in [5, 5.41) is 11.7. The van der Waals surface area contributed by atoms with Gasteiger partial charge in [0.2, 0.25) is 5.95 Å². The molecule has 9 nitrogen and oxygen atoms in total. The van der Waals surface area contributed by atoms with E-state index in [1.165, 1.54) is 29.1 Å². The Morgan fingerprint density at radius 3 is 2.59 bits per heavy atom. The molecule has 1 amide bonds. The molecule has 5 rings (SSSR count). The minimum absolute atomic E-state index is 0.0833. The summed E-state index contributed by atoms with van der Waals surface area (Å²) in [7, 11) is 0. The van der Waals surface area contributed by atoms with E-state index in [0.717, 1.165) is 16.8 Å². The molecular formula is C24H20FN7O2. The zero-order chi connectivity index (χ0) is 24.0. The van der Waals surface area contributed by atoms with Gasteiger partial charge in [-0.25, -0.2) is 9.07 Å². The number of carbonyl (C=O) groups excluding carboxylic acids is 1. The zero-order valence-corrected chi connectivity index (χ0v) is 18.6. The topological polar surface area (TPSA) is 110 Å². The predicted molar refractivity (Wildman–Crippen MR) is 125 cm³/mol. The minimum Gasteiger partial charge on any atom is -0.306 e. The number of hydrogen-bond acceptors (Lipinski definition) is 5. The third-order valence-electron chi connectivity index (χ3n) is 5.55. The number of H-pyrrole nitrogens is 1. The maximum atomic E-state index is 14.1. The van der Waals surface area contributed by atoms with E-state index in [1.54, 1.807) is 23.7 Å². The maximum absolute atomic E-state index is 14.1. The molecule has 0 atom stereocenters. The zero-order valence-electron chi connectivity index (χ0n) is 18.6. The number of amides is 1. The Kier molecular flexibility index (Phi) is 5.05. The Balaban J connectivity index is 1.60. The van der Waals surface area contributed by atoms with Gasteiger partial charge in [0.05, 0.1) is 23.1 Å². The van der Waals surface area contributed by atoms with Crippen LogP contribution in [0.5, 0.6) is 0 Å². The number of nitrogens with zero attached hydrogens (tertiary/aromatic N) is 5. The molecule has 34 heavy (non-hydrogen) atoms. The third kappa shape index (κ3) is 3.64. The van der Waals surface area contributed by atoms with Gasteiger partial charge in [-0.3, -0.25) is 14.6 Å². The monoisotopic (exact) mass is 457 g/mol. The summed E-state index contributed by atoms with van der Waals surface area (Å²) in [4.78, 5) is 32.8. The van der Waals surface area contributed by atoms with Gasteiger partial charge in [0.25, 0.3) is 11.5 Å². The van der Waals surface area contributed by atoms with Crippen LogP contribution >= 0.6 is 0 Å². The van der Waals surface area contributed by atoms with Crippen molar-refractivity contribution in [2.24, 2.45) is 0 Å².